The quantitative estimate of drug-likeness (QED) is 0.582. The van der Waals surface area contributed by atoms with Crippen LogP contribution in [0.3, 0.4) is 0 Å². The number of carbonyl (C=O) groups excluding carboxylic acids is 4. The van der Waals surface area contributed by atoms with E-state index in [0.29, 0.717) is 10.6 Å². The molecule has 0 aromatic heterocycles. The number of nitrogens with one attached hydrogen (secondary N) is 1. The minimum atomic E-state index is -0.890. The Balaban J connectivity index is 1.39. The molecule has 1 aliphatic rings. The van der Waals surface area contributed by atoms with Crippen molar-refractivity contribution in [3.8, 4) is 0 Å². The normalized spacial score (nSPS) is 12.7. The minimum Gasteiger partial charge on any atom is -0.368 e. The summed E-state index contributed by atoms with van der Waals surface area (Å²) in [6.07, 6.45) is 0. The highest BCUT2D eigenvalue weighted by atomic mass is 16.7. The fraction of sp³-hybridized carbons (Fsp3) is 0.158. The van der Waals surface area contributed by atoms with E-state index in [0.717, 1.165) is 0 Å². The van der Waals surface area contributed by atoms with Crippen LogP contribution in [0.2, 0.25) is 0 Å². The van der Waals surface area contributed by atoms with Crippen LogP contribution in [0.1, 0.15) is 31.1 Å². The molecule has 0 radical (unpaired) electrons. The summed E-state index contributed by atoms with van der Waals surface area (Å²) in [5, 5.41) is 3.06. The van der Waals surface area contributed by atoms with Crippen LogP contribution >= 0.6 is 0 Å². The van der Waals surface area contributed by atoms with E-state index in [2.05, 4.69) is 5.32 Å². The second-order valence-corrected chi connectivity index (χ2v) is 5.59. The number of fused-ring (bicyclic) bond motifs is 1. The molecule has 138 valence electrons. The van der Waals surface area contributed by atoms with Gasteiger partial charge in [0, 0.05) is 12.1 Å². The van der Waals surface area contributed by atoms with Crippen LogP contribution in [0.5, 0.6) is 0 Å². The molecule has 0 saturated carbocycles. The Morgan fingerprint density at radius 3 is 2.11 bits per heavy atom. The Hall–Kier alpha value is -3.52. The van der Waals surface area contributed by atoms with Crippen molar-refractivity contribution in [1.82, 2.24) is 10.4 Å². The molecule has 0 atom stereocenters. The van der Waals surface area contributed by atoms with Crippen molar-refractivity contribution in [2.24, 2.45) is 0 Å². The van der Waals surface area contributed by atoms with E-state index in [9.17, 15) is 19.2 Å². The number of hydrogen-bond donors (Lipinski definition) is 1. The van der Waals surface area contributed by atoms with Crippen LogP contribution in [0.4, 0.5) is 0 Å². The van der Waals surface area contributed by atoms with Crippen molar-refractivity contribution < 1.29 is 28.8 Å². The molecule has 3 amide bonds. The molecule has 27 heavy (non-hydrogen) atoms. The summed E-state index contributed by atoms with van der Waals surface area (Å²) in [5.74, 6) is -2.54. The molecule has 1 N–H and O–H groups in total. The summed E-state index contributed by atoms with van der Waals surface area (Å²) < 4.78 is 5.10. The molecule has 1 heterocycles. The van der Waals surface area contributed by atoms with Crippen LogP contribution < -0.4 is 5.32 Å². The van der Waals surface area contributed by atoms with E-state index in [-0.39, 0.29) is 30.2 Å². The molecule has 0 spiro atoms. The van der Waals surface area contributed by atoms with Crippen molar-refractivity contribution in [2.75, 3.05) is 19.8 Å². The molecule has 0 aliphatic carbocycles. The van der Waals surface area contributed by atoms with Gasteiger partial charge >= 0.3 is 5.97 Å². The third-order valence-electron chi connectivity index (χ3n) is 3.74. The van der Waals surface area contributed by atoms with E-state index < -0.39 is 24.4 Å². The molecule has 0 saturated heterocycles. The summed E-state index contributed by atoms with van der Waals surface area (Å²) in [5.41, 5.74) is 0.877. The highest BCUT2D eigenvalue weighted by Crippen LogP contribution is 2.22. The van der Waals surface area contributed by atoms with Crippen molar-refractivity contribution in [3.63, 3.8) is 0 Å². The number of nitrogens with zero attached hydrogens (tertiary/aromatic N) is 1. The Morgan fingerprint density at radius 2 is 1.48 bits per heavy atom. The van der Waals surface area contributed by atoms with Gasteiger partial charge in [-0.25, -0.2) is 4.79 Å². The molecule has 1 aliphatic heterocycles. The fourth-order valence-electron chi connectivity index (χ4n) is 2.46. The zero-order valence-electron chi connectivity index (χ0n) is 14.2. The van der Waals surface area contributed by atoms with Crippen LogP contribution in [0.15, 0.2) is 54.6 Å². The maximum absolute atomic E-state index is 12.1. The lowest BCUT2D eigenvalue weighted by Crippen LogP contribution is -2.34. The molecule has 0 unspecified atom stereocenters. The predicted molar refractivity (Wildman–Crippen MR) is 92.6 cm³/mol. The maximum Gasteiger partial charge on any atom is 0.358 e. The lowest BCUT2D eigenvalue weighted by Gasteiger charge is -2.12. The van der Waals surface area contributed by atoms with Crippen LogP contribution in [-0.2, 0) is 14.4 Å². The summed E-state index contributed by atoms with van der Waals surface area (Å²) in [6.45, 7) is -0.210. The average Bonchev–Trinajstić information content (AvgIpc) is 2.93. The molecule has 8 nitrogen and oxygen atoms in total. The van der Waals surface area contributed by atoms with Gasteiger partial charge in [-0.2, -0.15) is 0 Å². The fourth-order valence-corrected chi connectivity index (χ4v) is 2.46. The van der Waals surface area contributed by atoms with Gasteiger partial charge in [-0.05, 0) is 24.3 Å². The molecule has 8 heteroatoms. The van der Waals surface area contributed by atoms with Gasteiger partial charge in [0.25, 0.3) is 17.7 Å². The SMILES string of the molecule is O=C(COCCNC(=O)c1ccccc1)ON1C(=O)c2ccccc2C1=O. The average molecular weight is 368 g/mol. The van der Waals surface area contributed by atoms with Crippen molar-refractivity contribution in [3.05, 3.63) is 71.3 Å². The molecule has 2 aromatic carbocycles. The molecule has 2 aromatic rings. The maximum atomic E-state index is 12.1. The topological polar surface area (TPSA) is 102 Å². The van der Waals surface area contributed by atoms with E-state index in [4.69, 9.17) is 9.57 Å². The Bertz CT molecular complexity index is 846. The first-order valence-electron chi connectivity index (χ1n) is 8.17. The predicted octanol–water partition coefficient (Wildman–Crippen LogP) is 1.19. The van der Waals surface area contributed by atoms with Gasteiger partial charge in [0.1, 0.15) is 6.61 Å². The first-order valence-corrected chi connectivity index (χ1v) is 8.17. The van der Waals surface area contributed by atoms with Gasteiger partial charge in [0.2, 0.25) is 0 Å². The molecule has 0 bridgehead atoms. The monoisotopic (exact) mass is 368 g/mol. The molecular formula is C19H16N2O6. The van der Waals surface area contributed by atoms with Gasteiger partial charge < -0.3 is 14.9 Å². The first-order chi connectivity index (χ1) is 13.1. The zero-order valence-corrected chi connectivity index (χ0v) is 14.2. The summed E-state index contributed by atoms with van der Waals surface area (Å²) in [6, 6.07) is 14.8. The second-order valence-electron chi connectivity index (χ2n) is 5.59. The number of imide groups is 1. The third kappa shape index (κ3) is 4.18. The number of hydroxylamine groups is 2. The van der Waals surface area contributed by atoms with Crippen molar-refractivity contribution >= 4 is 23.7 Å². The first kappa shape index (κ1) is 18.3. The van der Waals surface area contributed by atoms with Crippen molar-refractivity contribution in [2.45, 2.75) is 0 Å². The van der Waals surface area contributed by atoms with E-state index >= 15 is 0 Å². The summed E-state index contributed by atoms with van der Waals surface area (Å²) in [4.78, 5) is 52.5. The van der Waals surface area contributed by atoms with Crippen LogP contribution in [0.25, 0.3) is 0 Å². The Labute approximate surface area is 154 Å². The molecule has 0 fully saturated rings. The minimum absolute atomic E-state index is 0.0653. The van der Waals surface area contributed by atoms with Crippen LogP contribution in [0, 0.1) is 0 Å². The van der Waals surface area contributed by atoms with Gasteiger partial charge in [0.15, 0.2) is 0 Å². The number of ether oxygens (including phenoxy) is 1. The van der Waals surface area contributed by atoms with Gasteiger partial charge in [0.05, 0.1) is 17.7 Å². The Morgan fingerprint density at radius 1 is 0.889 bits per heavy atom. The standard InChI is InChI=1S/C19H16N2O6/c22-16(12-26-11-10-20-17(23)13-6-2-1-3-7-13)27-21-18(24)14-8-4-5-9-15(14)19(21)25/h1-9H,10-12H2,(H,20,23). The van der Waals surface area contributed by atoms with Gasteiger partial charge in [-0.3, -0.25) is 14.4 Å². The smallest absolute Gasteiger partial charge is 0.358 e. The lowest BCUT2D eigenvalue weighted by atomic mass is 10.1. The third-order valence-corrected chi connectivity index (χ3v) is 3.74. The zero-order chi connectivity index (χ0) is 19.2. The lowest BCUT2D eigenvalue weighted by molar-refractivity contribution is -0.173. The highest BCUT2D eigenvalue weighted by Gasteiger charge is 2.38. The number of hydrogen-bond acceptors (Lipinski definition) is 6. The number of carbonyl (C=O) groups is 4. The van der Waals surface area contributed by atoms with E-state index in [1.165, 1.54) is 12.1 Å². The largest absolute Gasteiger partial charge is 0.368 e. The van der Waals surface area contributed by atoms with Crippen molar-refractivity contribution in [1.29, 1.82) is 0 Å². The summed E-state index contributed by atoms with van der Waals surface area (Å²) >= 11 is 0. The molecular weight excluding hydrogens is 352 g/mol. The highest BCUT2D eigenvalue weighted by molar-refractivity contribution is 6.20. The molecule has 3 rings (SSSR count). The van der Waals surface area contributed by atoms with Gasteiger partial charge in [-0.15, -0.1) is 0 Å². The number of benzene rings is 2. The van der Waals surface area contributed by atoms with E-state index in [1.807, 2.05) is 0 Å². The number of rotatable bonds is 7. The van der Waals surface area contributed by atoms with E-state index in [1.54, 1.807) is 42.5 Å². The number of amides is 3. The van der Waals surface area contributed by atoms with Gasteiger partial charge in [-0.1, -0.05) is 35.4 Å². The Kier molecular flexibility index (Phi) is 5.58. The van der Waals surface area contributed by atoms with Crippen LogP contribution in [-0.4, -0.2) is 48.5 Å². The second kappa shape index (κ2) is 8.24. The summed E-state index contributed by atoms with van der Waals surface area (Å²) in [7, 11) is 0.